The molecule has 0 aromatic heterocycles. The van der Waals surface area contributed by atoms with Gasteiger partial charge in [-0.1, -0.05) is 105 Å². The van der Waals surface area contributed by atoms with Crippen molar-refractivity contribution in [2.45, 2.75) is 124 Å². The molecule has 0 amide bonds. The van der Waals surface area contributed by atoms with Gasteiger partial charge in [0, 0.05) is 32.7 Å². The Labute approximate surface area is 185 Å². The number of nitrogens with zero attached hydrogens (tertiary/aromatic N) is 2. The lowest BCUT2D eigenvalue weighted by molar-refractivity contribution is 0.111. The van der Waals surface area contributed by atoms with E-state index in [4.69, 9.17) is 0 Å². The highest BCUT2D eigenvalue weighted by molar-refractivity contribution is 4.75. The number of hydrogen-bond acceptors (Lipinski definition) is 2. The third-order valence-corrected chi connectivity index (χ3v) is 7.29. The first kappa shape index (κ1) is 27.0. The molecule has 1 aliphatic heterocycles. The van der Waals surface area contributed by atoms with Crippen LogP contribution < -0.4 is 0 Å². The predicted octanol–water partition coefficient (Wildman–Crippen LogP) is 7.77. The Morgan fingerprint density at radius 1 is 0.517 bits per heavy atom. The van der Waals surface area contributed by atoms with Gasteiger partial charge in [-0.25, -0.2) is 0 Å². The summed E-state index contributed by atoms with van der Waals surface area (Å²) < 4.78 is 0. The largest absolute Gasteiger partial charge is 0.301 e. The van der Waals surface area contributed by atoms with E-state index in [9.17, 15) is 0 Å². The summed E-state index contributed by atoms with van der Waals surface area (Å²) in [5.41, 5.74) is 0. The molecule has 0 N–H and O–H groups in total. The maximum Gasteiger partial charge on any atom is 0.0110 e. The molecule has 174 valence electrons. The van der Waals surface area contributed by atoms with Crippen molar-refractivity contribution in [2.75, 3.05) is 39.3 Å². The summed E-state index contributed by atoms with van der Waals surface area (Å²) in [6.07, 6.45) is 21.4. The van der Waals surface area contributed by atoms with Gasteiger partial charge < -0.3 is 9.80 Å². The average molecular weight is 409 g/mol. The van der Waals surface area contributed by atoms with E-state index < -0.39 is 0 Å². The zero-order valence-corrected chi connectivity index (χ0v) is 20.9. The van der Waals surface area contributed by atoms with Crippen molar-refractivity contribution >= 4 is 0 Å². The molecule has 2 heteroatoms. The van der Waals surface area contributed by atoms with Crippen molar-refractivity contribution in [1.82, 2.24) is 9.80 Å². The van der Waals surface area contributed by atoms with Crippen LogP contribution in [0, 0.1) is 11.8 Å². The van der Waals surface area contributed by atoms with E-state index in [1.165, 1.54) is 136 Å². The number of piperazine rings is 1. The van der Waals surface area contributed by atoms with E-state index in [2.05, 4.69) is 37.5 Å². The summed E-state index contributed by atoms with van der Waals surface area (Å²) in [7, 11) is 0. The molecule has 0 aromatic carbocycles. The van der Waals surface area contributed by atoms with E-state index in [0.29, 0.717) is 0 Å². The fourth-order valence-corrected chi connectivity index (χ4v) is 5.05. The third kappa shape index (κ3) is 13.8. The summed E-state index contributed by atoms with van der Waals surface area (Å²) in [6, 6.07) is 0. The SMILES string of the molecule is CCCCCCC(CCCC)CN1CCN(CCCCC(CC)CCCC)CC1. The van der Waals surface area contributed by atoms with E-state index in [-0.39, 0.29) is 0 Å². The summed E-state index contributed by atoms with van der Waals surface area (Å²) in [5, 5.41) is 0. The van der Waals surface area contributed by atoms with Gasteiger partial charge in [0.15, 0.2) is 0 Å². The molecule has 1 rings (SSSR count). The van der Waals surface area contributed by atoms with Crippen LogP contribution in [0.5, 0.6) is 0 Å². The molecule has 0 aromatic rings. The van der Waals surface area contributed by atoms with Gasteiger partial charge in [0.05, 0.1) is 0 Å². The van der Waals surface area contributed by atoms with Crippen molar-refractivity contribution in [3.05, 3.63) is 0 Å². The van der Waals surface area contributed by atoms with Crippen molar-refractivity contribution in [2.24, 2.45) is 11.8 Å². The van der Waals surface area contributed by atoms with Gasteiger partial charge in [-0.15, -0.1) is 0 Å². The fraction of sp³-hybridized carbons (Fsp3) is 1.00. The minimum Gasteiger partial charge on any atom is -0.301 e. The maximum atomic E-state index is 2.79. The average Bonchev–Trinajstić information content (AvgIpc) is 2.75. The van der Waals surface area contributed by atoms with Crippen LogP contribution in [0.15, 0.2) is 0 Å². The first-order valence-electron chi connectivity index (χ1n) is 13.7. The fourth-order valence-electron chi connectivity index (χ4n) is 5.05. The molecule has 0 bridgehead atoms. The van der Waals surface area contributed by atoms with Crippen LogP contribution in [0.1, 0.15) is 124 Å². The first-order chi connectivity index (χ1) is 14.2. The smallest absolute Gasteiger partial charge is 0.0110 e. The normalized spacial score (nSPS) is 18.2. The second kappa shape index (κ2) is 18.7. The maximum absolute atomic E-state index is 2.79. The van der Waals surface area contributed by atoms with Crippen LogP contribution in [0.25, 0.3) is 0 Å². The molecule has 0 saturated carbocycles. The first-order valence-corrected chi connectivity index (χ1v) is 13.7. The second-order valence-corrected chi connectivity index (χ2v) is 9.91. The van der Waals surface area contributed by atoms with Crippen LogP contribution in [-0.4, -0.2) is 49.1 Å². The zero-order chi connectivity index (χ0) is 21.2. The minimum absolute atomic E-state index is 0.951. The van der Waals surface area contributed by atoms with Crippen LogP contribution in [0.2, 0.25) is 0 Å². The minimum atomic E-state index is 0.951. The topological polar surface area (TPSA) is 6.48 Å². The summed E-state index contributed by atoms with van der Waals surface area (Å²) in [4.78, 5) is 5.53. The van der Waals surface area contributed by atoms with E-state index in [1.54, 1.807) is 0 Å². The molecule has 29 heavy (non-hydrogen) atoms. The lowest BCUT2D eigenvalue weighted by Crippen LogP contribution is -2.47. The molecule has 1 heterocycles. The highest BCUT2D eigenvalue weighted by atomic mass is 15.3. The number of hydrogen-bond donors (Lipinski definition) is 0. The highest BCUT2D eigenvalue weighted by Crippen LogP contribution is 2.21. The van der Waals surface area contributed by atoms with Gasteiger partial charge in [0.1, 0.15) is 0 Å². The highest BCUT2D eigenvalue weighted by Gasteiger charge is 2.19. The van der Waals surface area contributed by atoms with Gasteiger partial charge in [-0.2, -0.15) is 0 Å². The molecule has 0 aliphatic carbocycles. The van der Waals surface area contributed by atoms with Crippen molar-refractivity contribution in [3.63, 3.8) is 0 Å². The Kier molecular flexibility index (Phi) is 17.4. The predicted molar refractivity (Wildman–Crippen MR) is 132 cm³/mol. The molecular formula is C27H56N2. The molecule has 0 spiro atoms. The van der Waals surface area contributed by atoms with Crippen LogP contribution in [0.3, 0.4) is 0 Å². The standard InChI is InChI=1S/C27H56N2/c1-5-9-12-13-19-27(17-11-7-3)25-29-23-21-28(22-24-29)20-15-14-18-26(8-4)16-10-6-2/h26-27H,5-25H2,1-4H3. The van der Waals surface area contributed by atoms with Gasteiger partial charge in [-0.05, 0) is 37.6 Å². The van der Waals surface area contributed by atoms with Crippen molar-refractivity contribution in [1.29, 1.82) is 0 Å². The van der Waals surface area contributed by atoms with E-state index >= 15 is 0 Å². The Balaban J connectivity index is 2.17. The Morgan fingerprint density at radius 2 is 1.03 bits per heavy atom. The molecule has 1 fully saturated rings. The van der Waals surface area contributed by atoms with Crippen LogP contribution >= 0.6 is 0 Å². The van der Waals surface area contributed by atoms with Crippen molar-refractivity contribution in [3.8, 4) is 0 Å². The summed E-state index contributed by atoms with van der Waals surface area (Å²) >= 11 is 0. The molecule has 1 aliphatic rings. The summed E-state index contributed by atoms with van der Waals surface area (Å²) in [5.74, 6) is 1.94. The number of rotatable bonds is 19. The van der Waals surface area contributed by atoms with E-state index in [1.807, 2.05) is 0 Å². The molecule has 2 atom stereocenters. The molecule has 2 unspecified atom stereocenters. The lowest BCUT2D eigenvalue weighted by atomic mass is 9.93. The number of unbranched alkanes of at least 4 members (excludes halogenated alkanes) is 6. The molecule has 1 saturated heterocycles. The van der Waals surface area contributed by atoms with E-state index in [0.717, 1.165) is 11.8 Å². The van der Waals surface area contributed by atoms with Crippen LogP contribution in [-0.2, 0) is 0 Å². The van der Waals surface area contributed by atoms with Gasteiger partial charge in [0.2, 0.25) is 0 Å². The van der Waals surface area contributed by atoms with Crippen LogP contribution in [0.4, 0.5) is 0 Å². The van der Waals surface area contributed by atoms with Gasteiger partial charge in [0.25, 0.3) is 0 Å². The van der Waals surface area contributed by atoms with Crippen molar-refractivity contribution < 1.29 is 0 Å². The molecular weight excluding hydrogens is 352 g/mol. The van der Waals surface area contributed by atoms with Gasteiger partial charge >= 0.3 is 0 Å². The quantitative estimate of drug-likeness (QED) is 0.201. The second-order valence-electron chi connectivity index (χ2n) is 9.91. The zero-order valence-electron chi connectivity index (χ0n) is 20.9. The summed E-state index contributed by atoms with van der Waals surface area (Å²) in [6.45, 7) is 17.3. The molecule has 0 radical (unpaired) electrons. The Morgan fingerprint density at radius 3 is 1.66 bits per heavy atom. The molecule has 2 nitrogen and oxygen atoms in total. The third-order valence-electron chi connectivity index (χ3n) is 7.29. The Bertz CT molecular complexity index is 335. The lowest BCUT2D eigenvalue weighted by Gasteiger charge is -2.36. The monoisotopic (exact) mass is 408 g/mol. The van der Waals surface area contributed by atoms with Gasteiger partial charge in [-0.3, -0.25) is 0 Å². The Hall–Kier alpha value is -0.0800.